The molecule has 2 unspecified atom stereocenters. The summed E-state index contributed by atoms with van der Waals surface area (Å²) in [7, 11) is 0. The van der Waals surface area contributed by atoms with Crippen molar-refractivity contribution in [1.29, 1.82) is 0 Å². The van der Waals surface area contributed by atoms with Crippen molar-refractivity contribution in [3.05, 3.63) is 0 Å². The molecule has 2 aliphatic heterocycles. The van der Waals surface area contributed by atoms with E-state index < -0.39 is 0 Å². The SMILES string of the molecule is O=CCN1CC2C(=O)NCC2C1=O. The van der Waals surface area contributed by atoms with Crippen LogP contribution in [0.4, 0.5) is 0 Å². The zero-order valence-corrected chi connectivity index (χ0v) is 7.03. The van der Waals surface area contributed by atoms with E-state index in [0.29, 0.717) is 19.4 Å². The van der Waals surface area contributed by atoms with Gasteiger partial charge >= 0.3 is 0 Å². The molecule has 0 aromatic carbocycles. The van der Waals surface area contributed by atoms with Gasteiger partial charge in [0.25, 0.3) is 0 Å². The number of likely N-dealkylation sites (tertiary alicyclic amines) is 1. The van der Waals surface area contributed by atoms with Gasteiger partial charge in [0.05, 0.1) is 18.4 Å². The van der Waals surface area contributed by atoms with E-state index in [4.69, 9.17) is 0 Å². The molecule has 2 heterocycles. The van der Waals surface area contributed by atoms with Crippen LogP contribution < -0.4 is 5.32 Å². The molecule has 2 saturated heterocycles. The van der Waals surface area contributed by atoms with Crippen LogP contribution in [0.5, 0.6) is 0 Å². The van der Waals surface area contributed by atoms with Crippen LogP contribution in [0.25, 0.3) is 0 Å². The molecule has 0 aliphatic carbocycles. The second kappa shape index (κ2) is 2.83. The van der Waals surface area contributed by atoms with Crippen molar-refractivity contribution in [3.8, 4) is 0 Å². The summed E-state index contributed by atoms with van der Waals surface area (Å²) in [5, 5.41) is 2.64. The molecule has 2 atom stereocenters. The Morgan fingerprint density at radius 2 is 2.23 bits per heavy atom. The van der Waals surface area contributed by atoms with Crippen LogP contribution in [-0.2, 0) is 14.4 Å². The topological polar surface area (TPSA) is 66.5 Å². The fourth-order valence-electron chi connectivity index (χ4n) is 1.95. The van der Waals surface area contributed by atoms with Crippen molar-refractivity contribution >= 4 is 18.1 Å². The fourth-order valence-corrected chi connectivity index (χ4v) is 1.95. The second-order valence-electron chi connectivity index (χ2n) is 3.37. The first-order chi connectivity index (χ1) is 6.24. The summed E-state index contributed by atoms with van der Waals surface area (Å²) in [6.07, 6.45) is 0.691. The summed E-state index contributed by atoms with van der Waals surface area (Å²) in [5.74, 6) is -0.595. The highest BCUT2D eigenvalue weighted by molar-refractivity contribution is 5.95. The number of nitrogens with zero attached hydrogens (tertiary/aromatic N) is 1. The van der Waals surface area contributed by atoms with E-state index in [2.05, 4.69) is 5.32 Å². The molecule has 0 spiro atoms. The van der Waals surface area contributed by atoms with E-state index in [1.165, 1.54) is 4.90 Å². The van der Waals surface area contributed by atoms with Gasteiger partial charge in [-0.05, 0) is 0 Å². The summed E-state index contributed by atoms with van der Waals surface area (Å²) in [5.41, 5.74) is 0. The minimum atomic E-state index is -0.229. The molecule has 2 fully saturated rings. The number of carbonyl (C=O) groups is 3. The zero-order chi connectivity index (χ0) is 9.42. The quantitative estimate of drug-likeness (QED) is 0.522. The predicted octanol–water partition coefficient (Wildman–Crippen LogP) is -1.61. The Labute approximate surface area is 75.1 Å². The average molecular weight is 182 g/mol. The van der Waals surface area contributed by atoms with Crippen LogP contribution in [0.15, 0.2) is 0 Å². The highest BCUT2D eigenvalue weighted by Crippen LogP contribution is 2.27. The fraction of sp³-hybridized carbons (Fsp3) is 0.625. The Balaban J connectivity index is 2.13. The second-order valence-corrected chi connectivity index (χ2v) is 3.37. The Hall–Kier alpha value is -1.39. The van der Waals surface area contributed by atoms with Crippen LogP contribution in [0.3, 0.4) is 0 Å². The highest BCUT2D eigenvalue weighted by Gasteiger charge is 2.47. The first kappa shape index (κ1) is 8.22. The lowest BCUT2D eigenvalue weighted by atomic mass is 10.00. The average Bonchev–Trinajstić information content (AvgIpc) is 2.59. The summed E-state index contributed by atoms with van der Waals surface area (Å²) >= 11 is 0. The third kappa shape index (κ3) is 1.11. The normalized spacial score (nSPS) is 31.8. The van der Waals surface area contributed by atoms with Crippen molar-refractivity contribution in [2.75, 3.05) is 19.6 Å². The van der Waals surface area contributed by atoms with E-state index in [-0.39, 0.29) is 30.2 Å². The van der Waals surface area contributed by atoms with Crippen LogP contribution >= 0.6 is 0 Å². The van der Waals surface area contributed by atoms with Gasteiger partial charge in [-0.25, -0.2) is 0 Å². The lowest BCUT2D eigenvalue weighted by Crippen LogP contribution is -2.33. The van der Waals surface area contributed by atoms with Crippen molar-refractivity contribution in [2.24, 2.45) is 11.8 Å². The smallest absolute Gasteiger partial charge is 0.228 e. The number of fused-ring (bicyclic) bond motifs is 1. The highest BCUT2D eigenvalue weighted by atomic mass is 16.2. The van der Waals surface area contributed by atoms with Crippen LogP contribution in [0, 0.1) is 11.8 Å². The van der Waals surface area contributed by atoms with Crippen molar-refractivity contribution in [1.82, 2.24) is 10.2 Å². The minimum Gasteiger partial charge on any atom is -0.355 e. The molecule has 0 bridgehead atoms. The van der Waals surface area contributed by atoms with Gasteiger partial charge < -0.3 is 15.0 Å². The monoisotopic (exact) mass is 182 g/mol. The van der Waals surface area contributed by atoms with E-state index in [1.807, 2.05) is 0 Å². The van der Waals surface area contributed by atoms with Gasteiger partial charge in [-0.1, -0.05) is 0 Å². The number of hydrogen-bond donors (Lipinski definition) is 1. The van der Waals surface area contributed by atoms with E-state index in [1.54, 1.807) is 0 Å². The third-order valence-electron chi connectivity index (χ3n) is 2.66. The van der Waals surface area contributed by atoms with Crippen LogP contribution in [-0.4, -0.2) is 42.6 Å². The Morgan fingerprint density at radius 3 is 2.85 bits per heavy atom. The largest absolute Gasteiger partial charge is 0.355 e. The van der Waals surface area contributed by atoms with E-state index in [0.717, 1.165) is 0 Å². The van der Waals surface area contributed by atoms with E-state index >= 15 is 0 Å². The molecule has 2 amide bonds. The van der Waals surface area contributed by atoms with Gasteiger partial charge in [0, 0.05) is 13.1 Å². The Kier molecular flexibility index (Phi) is 1.79. The molecule has 2 aliphatic rings. The predicted molar refractivity (Wildman–Crippen MR) is 42.6 cm³/mol. The minimum absolute atomic E-state index is 0.0632. The zero-order valence-electron chi connectivity index (χ0n) is 7.03. The molecule has 0 aromatic heterocycles. The molecule has 13 heavy (non-hydrogen) atoms. The molecule has 5 nitrogen and oxygen atoms in total. The number of aldehydes is 1. The molecule has 2 rings (SSSR count). The molecular formula is C8H10N2O3. The first-order valence-corrected chi connectivity index (χ1v) is 4.24. The summed E-state index contributed by atoms with van der Waals surface area (Å²) in [6.45, 7) is 0.935. The van der Waals surface area contributed by atoms with Crippen molar-refractivity contribution in [3.63, 3.8) is 0 Å². The summed E-state index contributed by atoms with van der Waals surface area (Å²) < 4.78 is 0. The maximum atomic E-state index is 11.5. The maximum absolute atomic E-state index is 11.5. The lowest BCUT2D eigenvalue weighted by molar-refractivity contribution is -0.132. The van der Waals surface area contributed by atoms with Gasteiger partial charge in [0.15, 0.2) is 0 Å². The number of carbonyl (C=O) groups excluding carboxylic acids is 3. The van der Waals surface area contributed by atoms with E-state index in [9.17, 15) is 14.4 Å². The van der Waals surface area contributed by atoms with Gasteiger partial charge in [-0.3, -0.25) is 9.59 Å². The maximum Gasteiger partial charge on any atom is 0.228 e. The molecule has 70 valence electrons. The van der Waals surface area contributed by atoms with Crippen molar-refractivity contribution < 1.29 is 14.4 Å². The van der Waals surface area contributed by atoms with Crippen LogP contribution in [0.2, 0.25) is 0 Å². The molecule has 0 aromatic rings. The Morgan fingerprint density at radius 1 is 1.46 bits per heavy atom. The lowest BCUT2D eigenvalue weighted by Gasteiger charge is -2.12. The van der Waals surface area contributed by atoms with Crippen molar-refractivity contribution in [2.45, 2.75) is 0 Å². The van der Waals surface area contributed by atoms with Gasteiger partial charge in [0.1, 0.15) is 6.29 Å². The van der Waals surface area contributed by atoms with Crippen LogP contribution in [0.1, 0.15) is 0 Å². The molecule has 5 heteroatoms. The molecule has 1 N–H and O–H groups in total. The third-order valence-corrected chi connectivity index (χ3v) is 2.66. The first-order valence-electron chi connectivity index (χ1n) is 4.24. The van der Waals surface area contributed by atoms with Gasteiger partial charge in [0.2, 0.25) is 11.8 Å². The number of amides is 2. The summed E-state index contributed by atoms with van der Waals surface area (Å²) in [6, 6.07) is 0. The molecule has 0 saturated carbocycles. The Bertz CT molecular complexity index is 277. The number of rotatable bonds is 2. The molecular weight excluding hydrogens is 172 g/mol. The molecule has 0 radical (unpaired) electrons. The van der Waals surface area contributed by atoms with Gasteiger partial charge in [-0.2, -0.15) is 0 Å². The number of nitrogens with one attached hydrogen (secondary N) is 1. The standard InChI is InChI=1S/C8H10N2O3/c11-2-1-10-4-6-5(8(10)13)3-9-7(6)12/h2,5-6H,1,3-4H2,(H,9,12). The van der Waals surface area contributed by atoms with Gasteiger partial charge in [-0.15, -0.1) is 0 Å². The summed E-state index contributed by atoms with van der Waals surface area (Å²) in [4.78, 5) is 34.3. The number of hydrogen-bond acceptors (Lipinski definition) is 3.